The number of nitrogen functional groups attached to an aromatic ring is 1. The maximum absolute atomic E-state index is 12.4. The second-order valence-electron chi connectivity index (χ2n) is 5.38. The number of fused-ring (bicyclic) bond motifs is 1. The molecule has 0 fully saturated rings. The van der Waals surface area contributed by atoms with Crippen molar-refractivity contribution in [3.05, 3.63) is 48.2 Å². The molecule has 0 bridgehead atoms. The van der Waals surface area contributed by atoms with Crippen molar-refractivity contribution in [2.45, 2.75) is 12.7 Å². The first kappa shape index (κ1) is 17.5. The Balaban J connectivity index is 1.69. The van der Waals surface area contributed by atoms with E-state index >= 15 is 0 Å². The first-order chi connectivity index (χ1) is 12.5. The van der Waals surface area contributed by atoms with Crippen LogP contribution in [-0.2, 0) is 4.74 Å². The highest BCUT2D eigenvalue weighted by molar-refractivity contribution is 5.93. The summed E-state index contributed by atoms with van der Waals surface area (Å²) in [6.45, 7) is -3.31. The molecule has 0 aliphatic heterocycles. The molecule has 0 spiro atoms. The number of nitrogens with two attached hydrogens (primary N) is 1. The number of aromatic nitrogens is 3. The first-order valence-electron chi connectivity index (χ1n) is 7.64. The number of urea groups is 1. The van der Waals surface area contributed by atoms with Crippen LogP contribution in [0.2, 0.25) is 0 Å². The summed E-state index contributed by atoms with van der Waals surface area (Å²) < 4.78 is 29.1. The van der Waals surface area contributed by atoms with Gasteiger partial charge in [-0.1, -0.05) is 30.3 Å². The van der Waals surface area contributed by atoms with E-state index in [0.29, 0.717) is 22.3 Å². The summed E-state index contributed by atoms with van der Waals surface area (Å²) in [4.78, 5) is 16.3. The van der Waals surface area contributed by atoms with Gasteiger partial charge in [0.05, 0.1) is 23.6 Å². The summed E-state index contributed by atoms with van der Waals surface area (Å²) >= 11 is 0. The molecule has 0 saturated heterocycles. The number of nitrogens with one attached hydrogen (secondary N) is 3. The smallest absolute Gasteiger partial charge is 0.345 e. The fourth-order valence-corrected chi connectivity index (χ4v) is 2.39. The van der Waals surface area contributed by atoms with Gasteiger partial charge in [-0.05, 0) is 5.56 Å². The summed E-state index contributed by atoms with van der Waals surface area (Å²) in [7, 11) is 0. The largest absolute Gasteiger partial charge is 0.382 e. The second-order valence-corrected chi connectivity index (χ2v) is 5.38. The minimum Gasteiger partial charge on any atom is -0.382 e. The molecular weight excluding hydrogens is 346 g/mol. The van der Waals surface area contributed by atoms with Gasteiger partial charge < -0.3 is 15.8 Å². The molecule has 8 nitrogen and oxygen atoms in total. The molecule has 136 valence electrons. The molecule has 10 heteroatoms. The Morgan fingerprint density at radius 2 is 2.08 bits per heavy atom. The number of alkyl halides is 2. The van der Waals surface area contributed by atoms with Gasteiger partial charge in [0.2, 0.25) is 0 Å². The van der Waals surface area contributed by atoms with Crippen LogP contribution in [0.1, 0.15) is 11.6 Å². The number of hydrogen-bond donors (Lipinski definition) is 4. The third-order valence-corrected chi connectivity index (χ3v) is 3.61. The van der Waals surface area contributed by atoms with E-state index < -0.39 is 18.7 Å². The Bertz CT molecular complexity index is 887. The highest BCUT2D eigenvalue weighted by atomic mass is 19.3. The van der Waals surface area contributed by atoms with Crippen molar-refractivity contribution < 1.29 is 18.3 Å². The Hall–Kier alpha value is -3.27. The van der Waals surface area contributed by atoms with E-state index in [0.717, 1.165) is 0 Å². The molecule has 0 radical (unpaired) electrons. The number of aromatic amines is 1. The molecule has 2 amide bonds. The standard InChI is InChI=1S/C16H16F2N6O2/c17-15(18)26-8-12(9-4-2-1-3-5-9)21-16(25)22-13-6-11-10(7-20-13)14(19)24-23-11/h1-7,12,15H,8H2,(H3,19,23,24)(H2,20,21,22,25). The topological polar surface area (TPSA) is 118 Å². The molecule has 0 aliphatic rings. The van der Waals surface area contributed by atoms with E-state index in [4.69, 9.17) is 5.73 Å². The van der Waals surface area contributed by atoms with Crippen LogP contribution in [0.25, 0.3) is 10.9 Å². The lowest BCUT2D eigenvalue weighted by Crippen LogP contribution is -2.35. The number of halogens is 2. The summed E-state index contributed by atoms with van der Waals surface area (Å²) in [5, 5.41) is 12.3. The zero-order chi connectivity index (χ0) is 18.5. The number of hydrogen-bond acceptors (Lipinski definition) is 5. The van der Waals surface area contributed by atoms with Gasteiger partial charge in [0.25, 0.3) is 0 Å². The molecule has 3 rings (SSSR count). The maximum atomic E-state index is 12.4. The van der Waals surface area contributed by atoms with Gasteiger partial charge in [-0.25, -0.2) is 9.78 Å². The van der Waals surface area contributed by atoms with Crippen LogP contribution in [0.15, 0.2) is 42.6 Å². The van der Waals surface area contributed by atoms with E-state index in [-0.39, 0.29) is 12.4 Å². The number of rotatable bonds is 6. The fourth-order valence-electron chi connectivity index (χ4n) is 2.39. The van der Waals surface area contributed by atoms with E-state index in [1.165, 1.54) is 6.20 Å². The molecule has 1 unspecified atom stereocenters. The van der Waals surface area contributed by atoms with Crippen LogP contribution in [-0.4, -0.2) is 34.4 Å². The summed E-state index contributed by atoms with van der Waals surface area (Å²) in [6, 6.07) is 8.86. The van der Waals surface area contributed by atoms with E-state index in [2.05, 4.69) is 30.6 Å². The molecule has 3 aromatic rings. The number of amides is 2. The second kappa shape index (κ2) is 7.74. The lowest BCUT2D eigenvalue weighted by molar-refractivity contribution is -0.133. The molecule has 26 heavy (non-hydrogen) atoms. The minimum atomic E-state index is -2.93. The van der Waals surface area contributed by atoms with Gasteiger partial charge in [0, 0.05) is 12.3 Å². The number of carbonyl (C=O) groups excluding carboxylic acids is 1. The molecule has 2 heterocycles. The van der Waals surface area contributed by atoms with Crippen LogP contribution in [0, 0.1) is 0 Å². The average molecular weight is 362 g/mol. The van der Waals surface area contributed by atoms with Crippen LogP contribution in [0.3, 0.4) is 0 Å². The third-order valence-electron chi connectivity index (χ3n) is 3.61. The zero-order valence-electron chi connectivity index (χ0n) is 13.4. The number of pyridine rings is 1. The SMILES string of the molecule is Nc1n[nH]c2cc(NC(=O)NC(COC(F)F)c3ccccc3)ncc12. The number of benzene rings is 1. The predicted molar refractivity (Wildman–Crippen MR) is 91.6 cm³/mol. The van der Waals surface area contributed by atoms with E-state index in [1.807, 2.05) is 0 Å². The monoisotopic (exact) mass is 362 g/mol. The highest BCUT2D eigenvalue weighted by Crippen LogP contribution is 2.19. The van der Waals surface area contributed by atoms with Crippen LogP contribution < -0.4 is 16.4 Å². The molecule has 0 aliphatic carbocycles. The zero-order valence-corrected chi connectivity index (χ0v) is 13.4. The molecule has 2 aromatic heterocycles. The van der Waals surface area contributed by atoms with Gasteiger partial charge in [0.1, 0.15) is 5.82 Å². The Morgan fingerprint density at radius 3 is 2.81 bits per heavy atom. The fraction of sp³-hybridized carbons (Fsp3) is 0.188. The molecular formula is C16H16F2N6O2. The van der Waals surface area contributed by atoms with Crippen molar-refractivity contribution in [2.75, 3.05) is 17.7 Å². The molecule has 1 aromatic carbocycles. The average Bonchev–Trinajstić information content (AvgIpc) is 2.99. The quantitative estimate of drug-likeness (QED) is 0.538. The van der Waals surface area contributed by atoms with Crippen molar-refractivity contribution >= 4 is 28.6 Å². The van der Waals surface area contributed by atoms with Crippen LogP contribution in [0.5, 0.6) is 0 Å². The normalized spacial score (nSPS) is 12.3. The van der Waals surface area contributed by atoms with Gasteiger partial charge in [-0.15, -0.1) is 0 Å². The first-order valence-corrected chi connectivity index (χ1v) is 7.64. The van der Waals surface area contributed by atoms with Crippen molar-refractivity contribution in [3.63, 3.8) is 0 Å². The predicted octanol–water partition coefficient (Wildman–Crippen LogP) is 2.64. The van der Waals surface area contributed by atoms with Crippen LogP contribution in [0.4, 0.5) is 25.2 Å². The summed E-state index contributed by atoms with van der Waals surface area (Å²) in [6.07, 6.45) is 1.47. The van der Waals surface area contributed by atoms with Crippen LogP contribution >= 0.6 is 0 Å². The van der Waals surface area contributed by atoms with E-state index in [1.54, 1.807) is 36.4 Å². The number of carbonyl (C=O) groups is 1. The van der Waals surface area contributed by atoms with Crippen molar-refractivity contribution in [1.82, 2.24) is 20.5 Å². The molecule has 1 atom stereocenters. The van der Waals surface area contributed by atoms with Gasteiger partial charge in [-0.2, -0.15) is 13.9 Å². The van der Waals surface area contributed by atoms with Gasteiger partial charge >= 0.3 is 12.6 Å². The number of nitrogens with zero attached hydrogens (tertiary/aromatic N) is 2. The van der Waals surface area contributed by atoms with Crippen molar-refractivity contribution in [3.8, 4) is 0 Å². The number of H-pyrrole nitrogens is 1. The van der Waals surface area contributed by atoms with Crippen molar-refractivity contribution in [2.24, 2.45) is 0 Å². The molecule has 0 saturated carbocycles. The third kappa shape index (κ3) is 4.22. The molecule has 5 N–H and O–H groups in total. The van der Waals surface area contributed by atoms with Crippen molar-refractivity contribution in [1.29, 1.82) is 0 Å². The lowest BCUT2D eigenvalue weighted by atomic mass is 10.1. The maximum Gasteiger partial charge on any atom is 0.345 e. The Kier molecular flexibility index (Phi) is 5.23. The Labute approximate surface area is 146 Å². The Morgan fingerprint density at radius 1 is 1.31 bits per heavy atom. The highest BCUT2D eigenvalue weighted by Gasteiger charge is 2.17. The summed E-state index contributed by atoms with van der Waals surface area (Å²) in [5.41, 5.74) is 6.90. The number of ether oxygens (including phenoxy) is 1. The van der Waals surface area contributed by atoms with Gasteiger partial charge in [0.15, 0.2) is 5.82 Å². The van der Waals surface area contributed by atoms with Gasteiger partial charge in [-0.3, -0.25) is 10.4 Å². The minimum absolute atomic E-state index is 0.250. The lowest BCUT2D eigenvalue weighted by Gasteiger charge is -2.19. The van der Waals surface area contributed by atoms with E-state index in [9.17, 15) is 13.6 Å². The number of anilines is 2. The summed E-state index contributed by atoms with van der Waals surface area (Å²) in [5.74, 6) is 0.553.